The SMILES string of the molecule is OCCCCNCC[C@@H]1C=CCCC1. The maximum Gasteiger partial charge on any atom is 0.0431 e. The lowest BCUT2D eigenvalue weighted by molar-refractivity contribution is 0.283. The third-order valence-electron chi connectivity index (χ3n) is 2.81. The Morgan fingerprint density at radius 1 is 1.29 bits per heavy atom. The second-order valence-corrected chi connectivity index (χ2v) is 4.09. The predicted octanol–water partition coefficient (Wildman–Crippen LogP) is 2.09. The van der Waals surface area contributed by atoms with Crippen LogP contribution in [0.3, 0.4) is 0 Å². The van der Waals surface area contributed by atoms with Crippen LogP contribution in [0.1, 0.15) is 38.5 Å². The molecule has 0 aromatic carbocycles. The average Bonchev–Trinajstić information content (AvgIpc) is 2.25. The molecular formula is C12H23NO. The van der Waals surface area contributed by atoms with Crippen molar-refractivity contribution in [2.24, 2.45) is 5.92 Å². The summed E-state index contributed by atoms with van der Waals surface area (Å²) < 4.78 is 0. The number of nitrogens with one attached hydrogen (secondary N) is 1. The van der Waals surface area contributed by atoms with Gasteiger partial charge in [0.1, 0.15) is 0 Å². The zero-order valence-corrected chi connectivity index (χ0v) is 9.04. The van der Waals surface area contributed by atoms with Crippen LogP contribution in [0.4, 0.5) is 0 Å². The first-order valence-electron chi connectivity index (χ1n) is 5.91. The van der Waals surface area contributed by atoms with E-state index in [0.29, 0.717) is 6.61 Å². The number of aliphatic hydroxyl groups excluding tert-OH is 1. The fourth-order valence-electron chi connectivity index (χ4n) is 1.90. The molecule has 2 nitrogen and oxygen atoms in total. The highest BCUT2D eigenvalue weighted by atomic mass is 16.2. The van der Waals surface area contributed by atoms with Crippen molar-refractivity contribution < 1.29 is 5.11 Å². The summed E-state index contributed by atoms with van der Waals surface area (Å²) in [6.45, 7) is 2.50. The number of unbranched alkanes of at least 4 members (excludes halogenated alkanes) is 1. The minimum atomic E-state index is 0.326. The van der Waals surface area contributed by atoms with Crippen LogP contribution < -0.4 is 5.32 Å². The van der Waals surface area contributed by atoms with Gasteiger partial charge >= 0.3 is 0 Å². The highest BCUT2D eigenvalue weighted by Crippen LogP contribution is 2.19. The molecule has 2 N–H and O–H groups in total. The maximum atomic E-state index is 8.59. The molecule has 82 valence electrons. The van der Waals surface area contributed by atoms with Crippen LogP contribution in [0.25, 0.3) is 0 Å². The average molecular weight is 197 g/mol. The summed E-state index contributed by atoms with van der Waals surface area (Å²) in [6.07, 6.45) is 12.0. The lowest BCUT2D eigenvalue weighted by Gasteiger charge is -2.16. The van der Waals surface area contributed by atoms with Crippen molar-refractivity contribution in [1.29, 1.82) is 0 Å². The summed E-state index contributed by atoms with van der Waals surface area (Å²) in [7, 11) is 0. The van der Waals surface area contributed by atoms with Crippen LogP contribution in [0.15, 0.2) is 12.2 Å². The third-order valence-corrected chi connectivity index (χ3v) is 2.81. The highest BCUT2D eigenvalue weighted by Gasteiger charge is 2.06. The molecule has 0 heterocycles. The van der Waals surface area contributed by atoms with E-state index in [0.717, 1.165) is 31.8 Å². The lowest BCUT2D eigenvalue weighted by atomic mass is 9.93. The molecule has 1 atom stereocenters. The van der Waals surface area contributed by atoms with Gasteiger partial charge in [0, 0.05) is 6.61 Å². The van der Waals surface area contributed by atoms with Crippen molar-refractivity contribution in [3.63, 3.8) is 0 Å². The van der Waals surface area contributed by atoms with E-state index in [1.54, 1.807) is 0 Å². The van der Waals surface area contributed by atoms with Crippen LogP contribution in [-0.4, -0.2) is 24.8 Å². The van der Waals surface area contributed by atoms with Crippen molar-refractivity contribution in [2.45, 2.75) is 38.5 Å². The molecule has 0 radical (unpaired) electrons. The molecule has 0 aromatic rings. The predicted molar refractivity (Wildman–Crippen MR) is 60.3 cm³/mol. The van der Waals surface area contributed by atoms with Crippen LogP contribution in [-0.2, 0) is 0 Å². The second kappa shape index (κ2) is 8.01. The van der Waals surface area contributed by atoms with E-state index in [4.69, 9.17) is 5.11 Å². The number of hydrogen-bond acceptors (Lipinski definition) is 2. The number of aliphatic hydroxyl groups is 1. The Morgan fingerprint density at radius 3 is 2.93 bits per heavy atom. The molecule has 0 spiro atoms. The summed E-state index contributed by atoms with van der Waals surface area (Å²) in [5.74, 6) is 0.814. The second-order valence-electron chi connectivity index (χ2n) is 4.09. The summed E-state index contributed by atoms with van der Waals surface area (Å²) in [5, 5.41) is 12.0. The van der Waals surface area contributed by atoms with E-state index in [1.165, 1.54) is 25.7 Å². The maximum absolute atomic E-state index is 8.59. The molecule has 14 heavy (non-hydrogen) atoms. The molecular weight excluding hydrogens is 174 g/mol. The molecule has 0 aliphatic heterocycles. The van der Waals surface area contributed by atoms with Crippen molar-refractivity contribution in [3.05, 3.63) is 12.2 Å². The fraction of sp³-hybridized carbons (Fsp3) is 0.833. The van der Waals surface area contributed by atoms with Gasteiger partial charge in [-0.1, -0.05) is 12.2 Å². The minimum absolute atomic E-state index is 0.326. The smallest absolute Gasteiger partial charge is 0.0431 e. The molecule has 1 aliphatic rings. The first kappa shape index (κ1) is 11.7. The summed E-state index contributed by atoms with van der Waals surface area (Å²) in [4.78, 5) is 0. The van der Waals surface area contributed by atoms with Gasteiger partial charge in [-0.3, -0.25) is 0 Å². The van der Waals surface area contributed by atoms with E-state index < -0.39 is 0 Å². The van der Waals surface area contributed by atoms with Gasteiger partial charge in [0.2, 0.25) is 0 Å². The third kappa shape index (κ3) is 5.40. The monoisotopic (exact) mass is 197 g/mol. The largest absolute Gasteiger partial charge is 0.396 e. The molecule has 0 amide bonds. The van der Waals surface area contributed by atoms with Crippen LogP contribution >= 0.6 is 0 Å². The quantitative estimate of drug-likeness (QED) is 0.484. The van der Waals surface area contributed by atoms with Gasteiger partial charge in [-0.2, -0.15) is 0 Å². The Bertz CT molecular complexity index is 156. The highest BCUT2D eigenvalue weighted by molar-refractivity contribution is 4.92. The molecule has 1 rings (SSSR count). The van der Waals surface area contributed by atoms with Crippen molar-refractivity contribution in [2.75, 3.05) is 19.7 Å². The molecule has 0 aromatic heterocycles. The Morgan fingerprint density at radius 2 is 2.21 bits per heavy atom. The van der Waals surface area contributed by atoms with Crippen LogP contribution in [0, 0.1) is 5.92 Å². The van der Waals surface area contributed by atoms with Crippen LogP contribution in [0.2, 0.25) is 0 Å². The summed E-state index contributed by atoms with van der Waals surface area (Å²) >= 11 is 0. The van der Waals surface area contributed by atoms with Gasteiger partial charge in [-0.15, -0.1) is 0 Å². The Kier molecular flexibility index (Phi) is 6.71. The van der Waals surface area contributed by atoms with Gasteiger partial charge in [0.05, 0.1) is 0 Å². The molecule has 0 fully saturated rings. The Balaban J connectivity index is 1.88. The van der Waals surface area contributed by atoms with Crippen molar-refractivity contribution >= 4 is 0 Å². The van der Waals surface area contributed by atoms with Crippen LogP contribution in [0.5, 0.6) is 0 Å². The fourth-order valence-corrected chi connectivity index (χ4v) is 1.90. The van der Waals surface area contributed by atoms with E-state index >= 15 is 0 Å². The first-order chi connectivity index (χ1) is 6.93. The Labute approximate surface area is 87.4 Å². The molecule has 0 saturated heterocycles. The minimum Gasteiger partial charge on any atom is -0.396 e. The molecule has 2 heteroatoms. The first-order valence-corrected chi connectivity index (χ1v) is 5.91. The number of hydrogen-bond donors (Lipinski definition) is 2. The Hall–Kier alpha value is -0.340. The molecule has 0 saturated carbocycles. The molecule has 1 aliphatic carbocycles. The van der Waals surface area contributed by atoms with E-state index in [-0.39, 0.29) is 0 Å². The van der Waals surface area contributed by atoms with E-state index in [2.05, 4.69) is 17.5 Å². The zero-order valence-electron chi connectivity index (χ0n) is 9.04. The number of allylic oxidation sites excluding steroid dienone is 2. The van der Waals surface area contributed by atoms with Gasteiger partial charge in [0.15, 0.2) is 0 Å². The van der Waals surface area contributed by atoms with E-state index in [1.807, 2.05) is 0 Å². The van der Waals surface area contributed by atoms with Gasteiger partial charge in [-0.25, -0.2) is 0 Å². The zero-order chi connectivity index (χ0) is 10.1. The van der Waals surface area contributed by atoms with Crippen molar-refractivity contribution in [1.82, 2.24) is 5.32 Å². The van der Waals surface area contributed by atoms with Gasteiger partial charge < -0.3 is 10.4 Å². The molecule has 0 unspecified atom stereocenters. The molecule has 0 bridgehead atoms. The van der Waals surface area contributed by atoms with Crippen molar-refractivity contribution in [3.8, 4) is 0 Å². The summed E-state index contributed by atoms with van der Waals surface area (Å²) in [5.41, 5.74) is 0. The topological polar surface area (TPSA) is 32.3 Å². The standard InChI is InChI=1S/C12H23NO/c14-11-5-4-9-13-10-8-12-6-2-1-3-7-12/h2,6,12-14H,1,3-5,7-11H2/t12-/m1/s1. The summed E-state index contributed by atoms with van der Waals surface area (Å²) in [6, 6.07) is 0. The van der Waals surface area contributed by atoms with Gasteiger partial charge in [0.25, 0.3) is 0 Å². The lowest BCUT2D eigenvalue weighted by Crippen LogP contribution is -2.19. The van der Waals surface area contributed by atoms with E-state index in [9.17, 15) is 0 Å². The normalized spacial score (nSPS) is 21.4. The van der Waals surface area contributed by atoms with Gasteiger partial charge in [-0.05, 0) is 57.5 Å². The number of rotatable bonds is 7.